The quantitative estimate of drug-likeness (QED) is 0.910. The third kappa shape index (κ3) is 2.19. The summed E-state index contributed by atoms with van der Waals surface area (Å²) in [5.74, 6) is 1.58. The number of nitrogens with two attached hydrogens (primary N) is 1. The fourth-order valence-corrected chi connectivity index (χ4v) is 2.22. The van der Waals surface area contributed by atoms with Crippen LogP contribution in [0.1, 0.15) is 5.56 Å². The maximum atomic E-state index is 5.64. The van der Waals surface area contributed by atoms with Gasteiger partial charge in [0.15, 0.2) is 5.13 Å². The first-order valence-corrected chi connectivity index (χ1v) is 5.97. The van der Waals surface area contributed by atoms with Crippen LogP contribution in [0.4, 0.5) is 5.13 Å². The molecule has 5 heteroatoms. The second-order valence-corrected chi connectivity index (χ2v) is 4.48. The average molecular weight is 250 g/mol. The molecule has 1 aromatic heterocycles. The molecule has 0 unspecified atom stereocenters. The van der Waals surface area contributed by atoms with Gasteiger partial charge in [0.05, 0.1) is 19.9 Å². The van der Waals surface area contributed by atoms with E-state index < -0.39 is 0 Å². The van der Waals surface area contributed by atoms with Crippen molar-refractivity contribution in [3.63, 3.8) is 0 Å². The maximum absolute atomic E-state index is 5.64. The van der Waals surface area contributed by atoms with Crippen molar-refractivity contribution in [2.24, 2.45) is 0 Å². The number of ether oxygens (including phenoxy) is 2. The van der Waals surface area contributed by atoms with E-state index in [9.17, 15) is 0 Å². The highest BCUT2D eigenvalue weighted by molar-refractivity contribution is 7.13. The highest BCUT2D eigenvalue weighted by Crippen LogP contribution is 2.36. The minimum absolute atomic E-state index is 0.543. The van der Waals surface area contributed by atoms with Gasteiger partial charge in [-0.2, -0.15) is 0 Å². The summed E-state index contributed by atoms with van der Waals surface area (Å²) in [4.78, 5) is 4.26. The number of aryl methyl sites for hydroxylation is 1. The first-order chi connectivity index (χ1) is 8.15. The molecule has 90 valence electrons. The number of thiazole rings is 1. The molecule has 0 spiro atoms. The normalized spacial score (nSPS) is 10.3. The summed E-state index contributed by atoms with van der Waals surface area (Å²) in [7, 11) is 3.29. The van der Waals surface area contributed by atoms with E-state index in [-0.39, 0.29) is 0 Å². The average Bonchev–Trinajstić information content (AvgIpc) is 2.75. The molecule has 0 aliphatic carbocycles. The summed E-state index contributed by atoms with van der Waals surface area (Å²) in [5, 5.41) is 2.45. The highest BCUT2D eigenvalue weighted by Gasteiger charge is 2.12. The van der Waals surface area contributed by atoms with Crippen molar-refractivity contribution in [3.8, 4) is 22.8 Å². The molecule has 0 fully saturated rings. The minimum atomic E-state index is 0.543. The van der Waals surface area contributed by atoms with E-state index in [4.69, 9.17) is 15.2 Å². The van der Waals surface area contributed by atoms with Gasteiger partial charge in [0.2, 0.25) is 0 Å². The molecule has 0 aliphatic heterocycles. The maximum Gasteiger partial charge on any atom is 0.180 e. The van der Waals surface area contributed by atoms with Crippen molar-refractivity contribution in [2.75, 3.05) is 20.0 Å². The zero-order chi connectivity index (χ0) is 12.4. The molecule has 0 radical (unpaired) electrons. The SMILES string of the molecule is COc1cc(-c2csc(N)n2)c(OC)cc1C. The molecule has 0 saturated heterocycles. The van der Waals surface area contributed by atoms with Crippen LogP contribution >= 0.6 is 11.3 Å². The van der Waals surface area contributed by atoms with Gasteiger partial charge in [-0.25, -0.2) is 4.98 Å². The Bertz CT molecular complexity index is 537. The third-order valence-electron chi connectivity index (χ3n) is 2.51. The first kappa shape index (κ1) is 11.7. The number of hydrogen-bond acceptors (Lipinski definition) is 5. The Morgan fingerprint density at radius 1 is 1.18 bits per heavy atom. The third-order valence-corrected chi connectivity index (χ3v) is 3.19. The number of methoxy groups -OCH3 is 2. The zero-order valence-electron chi connectivity index (χ0n) is 9.98. The molecule has 0 saturated carbocycles. The van der Waals surface area contributed by atoms with Gasteiger partial charge in [0.25, 0.3) is 0 Å². The molecule has 2 N–H and O–H groups in total. The molecule has 2 rings (SSSR count). The van der Waals surface area contributed by atoms with E-state index in [0.717, 1.165) is 28.3 Å². The summed E-state index contributed by atoms with van der Waals surface area (Å²) in [6, 6.07) is 3.85. The Kier molecular flexibility index (Phi) is 3.19. The van der Waals surface area contributed by atoms with Crippen LogP contribution in [0.2, 0.25) is 0 Å². The second kappa shape index (κ2) is 4.63. The zero-order valence-corrected chi connectivity index (χ0v) is 10.8. The molecule has 0 amide bonds. The summed E-state index contributed by atoms with van der Waals surface area (Å²) in [6.07, 6.45) is 0. The number of aromatic nitrogens is 1. The number of hydrogen-bond donors (Lipinski definition) is 1. The number of nitrogens with zero attached hydrogens (tertiary/aromatic N) is 1. The monoisotopic (exact) mass is 250 g/mol. The Labute approximate surface area is 104 Å². The van der Waals surface area contributed by atoms with Crippen LogP contribution in [0, 0.1) is 6.92 Å². The van der Waals surface area contributed by atoms with E-state index in [0.29, 0.717) is 5.13 Å². The van der Waals surface area contributed by atoms with Crippen LogP contribution in [0.25, 0.3) is 11.3 Å². The number of anilines is 1. The Morgan fingerprint density at radius 3 is 2.41 bits per heavy atom. The minimum Gasteiger partial charge on any atom is -0.496 e. The van der Waals surface area contributed by atoms with Crippen molar-refractivity contribution in [1.82, 2.24) is 4.98 Å². The van der Waals surface area contributed by atoms with Gasteiger partial charge in [-0.3, -0.25) is 0 Å². The van der Waals surface area contributed by atoms with E-state index in [2.05, 4.69) is 4.98 Å². The predicted octanol–water partition coefficient (Wildman–Crippen LogP) is 2.72. The smallest absolute Gasteiger partial charge is 0.180 e. The largest absolute Gasteiger partial charge is 0.496 e. The molecule has 0 atom stereocenters. The van der Waals surface area contributed by atoms with Gasteiger partial charge in [-0.05, 0) is 24.6 Å². The molecule has 1 aromatic carbocycles. The van der Waals surface area contributed by atoms with Crippen molar-refractivity contribution in [1.29, 1.82) is 0 Å². The lowest BCUT2D eigenvalue weighted by atomic mass is 10.1. The first-order valence-electron chi connectivity index (χ1n) is 5.09. The molecule has 0 aliphatic rings. The molecular formula is C12H14N2O2S. The van der Waals surface area contributed by atoms with Gasteiger partial charge >= 0.3 is 0 Å². The lowest BCUT2D eigenvalue weighted by Crippen LogP contribution is -1.93. The standard InChI is InChI=1S/C12H14N2O2S/c1-7-4-11(16-3)8(5-10(7)15-2)9-6-17-12(13)14-9/h4-6H,1-3H3,(H2,13,14). The number of rotatable bonds is 3. The molecule has 1 heterocycles. The molecule has 17 heavy (non-hydrogen) atoms. The summed E-state index contributed by atoms with van der Waals surface area (Å²) in [6.45, 7) is 1.97. The summed E-state index contributed by atoms with van der Waals surface area (Å²) >= 11 is 1.41. The van der Waals surface area contributed by atoms with Crippen LogP contribution < -0.4 is 15.2 Å². The predicted molar refractivity (Wildman–Crippen MR) is 69.8 cm³/mol. The van der Waals surface area contributed by atoms with Crippen molar-refractivity contribution in [3.05, 3.63) is 23.1 Å². The fraction of sp³-hybridized carbons (Fsp3) is 0.250. The Morgan fingerprint density at radius 2 is 1.88 bits per heavy atom. The van der Waals surface area contributed by atoms with Crippen LogP contribution in [0.3, 0.4) is 0 Å². The molecule has 0 bridgehead atoms. The van der Waals surface area contributed by atoms with Crippen LogP contribution in [-0.2, 0) is 0 Å². The molecule has 2 aromatic rings. The topological polar surface area (TPSA) is 57.4 Å². The molecular weight excluding hydrogens is 236 g/mol. The number of benzene rings is 1. The number of nitrogen functional groups attached to an aromatic ring is 1. The van der Waals surface area contributed by atoms with Crippen molar-refractivity contribution < 1.29 is 9.47 Å². The Balaban J connectivity index is 2.58. The van der Waals surface area contributed by atoms with Crippen LogP contribution in [-0.4, -0.2) is 19.2 Å². The molecule has 4 nitrogen and oxygen atoms in total. The van der Waals surface area contributed by atoms with Gasteiger partial charge in [-0.15, -0.1) is 11.3 Å². The van der Waals surface area contributed by atoms with Gasteiger partial charge < -0.3 is 15.2 Å². The lowest BCUT2D eigenvalue weighted by Gasteiger charge is -2.11. The van der Waals surface area contributed by atoms with E-state index in [1.807, 2.05) is 24.4 Å². The van der Waals surface area contributed by atoms with Gasteiger partial charge in [0.1, 0.15) is 11.5 Å². The van der Waals surface area contributed by atoms with Crippen molar-refractivity contribution in [2.45, 2.75) is 6.92 Å². The summed E-state index contributed by atoms with van der Waals surface area (Å²) < 4.78 is 10.7. The Hall–Kier alpha value is -1.75. The van der Waals surface area contributed by atoms with E-state index in [1.165, 1.54) is 11.3 Å². The van der Waals surface area contributed by atoms with Crippen LogP contribution in [0.5, 0.6) is 11.5 Å². The summed E-state index contributed by atoms with van der Waals surface area (Å²) in [5.41, 5.74) is 8.37. The van der Waals surface area contributed by atoms with E-state index >= 15 is 0 Å². The van der Waals surface area contributed by atoms with Gasteiger partial charge in [0, 0.05) is 10.9 Å². The van der Waals surface area contributed by atoms with E-state index in [1.54, 1.807) is 14.2 Å². The van der Waals surface area contributed by atoms with Crippen molar-refractivity contribution >= 4 is 16.5 Å². The fourth-order valence-electron chi connectivity index (χ4n) is 1.66. The van der Waals surface area contributed by atoms with Crippen LogP contribution in [0.15, 0.2) is 17.5 Å². The van der Waals surface area contributed by atoms with Gasteiger partial charge in [-0.1, -0.05) is 0 Å². The lowest BCUT2D eigenvalue weighted by molar-refractivity contribution is 0.401. The highest BCUT2D eigenvalue weighted by atomic mass is 32.1. The second-order valence-electron chi connectivity index (χ2n) is 3.59.